The molecule has 3 aromatic rings. The van der Waals surface area contributed by atoms with Gasteiger partial charge in [0.2, 0.25) is 5.88 Å². The fourth-order valence-electron chi connectivity index (χ4n) is 3.11. The molecule has 8 nitrogen and oxygen atoms in total. The third-order valence-corrected chi connectivity index (χ3v) is 4.86. The molecule has 0 fully saturated rings. The van der Waals surface area contributed by atoms with E-state index < -0.39 is 0 Å². The van der Waals surface area contributed by atoms with Crippen molar-refractivity contribution in [2.24, 2.45) is 10.9 Å². The van der Waals surface area contributed by atoms with Crippen LogP contribution in [0.2, 0.25) is 0 Å². The number of likely N-dealkylation sites (N-methyl/N-ethyl adjacent to an activating group) is 1. The lowest BCUT2D eigenvalue weighted by Crippen LogP contribution is -2.38. The monoisotopic (exact) mass is 397 g/mol. The summed E-state index contributed by atoms with van der Waals surface area (Å²) in [6.45, 7) is 4.69. The molecule has 1 aliphatic heterocycles. The molecule has 0 saturated heterocycles. The van der Waals surface area contributed by atoms with Gasteiger partial charge in [0.15, 0.2) is 17.6 Å². The molecule has 1 atom stereocenters. The standard InChI is InChI=1S/C20H24FN7O/c1-13(2)8-9-14-10-17-24-25-19(15-6-4-5-7-16(15)21)28(17)26-20(14)29-11-18-22-12-23-27(18)3/h4-7,10,12-13,18H,8-9,11H2,1-3H3,(H,22,23). The van der Waals surface area contributed by atoms with E-state index in [1.54, 1.807) is 24.5 Å². The molecule has 0 amide bonds. The predicted octanol–water partition coefficient (Wildman–Crippen LogP) is 2.70. The summed E-state index contributed by atoms with van der Waals surface area (Å²) in [6, 6.07) is 8.37. The van der Waals surface area contributed by atoms with Crippen molar-refractivity contribution in [2.45, 2.75) is 32.9 Å². The number of hydrogen-bond acceptors (Lipinski definition) is 7. The van der Waals surface area contributed by atoms with Crippen LogP contribution in [0.25, 0.3) is 17.0 Å². The SMILES string of the molecule is CC(C)CCc1cc2nnc(-c3ccccc3F)n2nc1OCC1N=CNN1C. The predicted molar refractivity (Wildman–Crippen MR) is 108 cm³/mol. The molecule has 0 radical (unpaired) electrons. The lowest BCUT2D eigenvalue weighted by atomic mass is 10.0. The van der Waals surface area contributed by atoms with Gasteiger partial charge in [-0.15, -0.1) is 15.3 Å². The second-order valence-electron chi connectivity index (χ2n) is 7.49. The number of nitrogens with zero attached hydrogens (tertiary/aromatic N) is 6. The minimum atomic E-state index is -0.372. The van der Waals surface area contributed by atoms with Crippen LogP contribution >= 0.6 is 0 Å². The van der Waals surface area contributed by atoms with E-state index in [1.165, 1.54) is 10.6 Å². The number of halogens is 1. The average Bonchev–Trinajstić information content (AvgIpc) is 3.30. The summed E-state index contributed by atoms with van der Waals surface area (Å²) in [5.41, 5.74) is 4.86. The number of hydrogen-bond donors (Lipinski definition) is 1. The maximum atomic E-state index is 14.3. The summed E-state index contributed by atoms with van der Waals surface area (Å²) in [5.74, 6) is 1.01. The molecule has 0 saturated carbocycles. The number of aliphatic imine (C=N–C) groups is 1. The first-order valence-electron chi connectivity index (χ1n) is 9.66. The minimum Gasteiger partial charge on any atom is -0.473 e. The van der Waals surface area contributed by atoms with Gasteiger partial charge in [-0.2, -0.15) is 9.52 Å². The number of aryl methyl sites for hydroxylation is 1. The Labute approximate surface area is 168 Å². The van der Waals surface area contributed by atoms with Crippen molar-refractivity contribution in [1.29, 1.82) is 0 Å². The Balaban J connectivity index is 1.71. The molecule has 1 unspecified atom stereocenters. The van der Waals surface area contributed by atoms with E-state index >= 15 is 0 Å². The van der Waals surface area contributed by atoms with Gasteiger partial charge in [-0.25, -0.2) is 4.39 Å². The topological polar surface area (TPSA) is 79.9 Å². The van der Waals surface area contributed by atoms with Crippen LogP contribution in [0.15, 0.2) is 35.3 Å². The maximum absolute atomic E-state index is 14.3. The van der Waals surface area contributed by atoms with Crippen molar-refractivity contribution < 1.29 is 9.13 Å². The summed E-state index contributed by atoms with van der Waals surface area (Å²) in [7, 11) is 1.90. The molecular formula is C20H24FN7O. The summed E-state index contributed by atoms with van der Waals surface area (Å²) < 4.78 is 21.9. The molecule has 1 aromatic carbocycles. The van der Waals surface area contributed by atoms with Gasteiger partial charge < -0.3 is 10.2 Å². The first-order chi connectivity index (χ1) is 14.0. The van der Waals surface area contributed by atoms with E-state index in [-0.39, 0.29) is 12.0 Å². The smallest absolute Gasteiger partial charge is 0.235 e. The molecule has 29 heavy (non-hydrogen) atoms. The van der Waals surface area contributed by atoms with Gasteiger partial charge in [-0.3, -0.25) is 4.99 Å². The van der Waals surface area contributed by atoms with Crippen LogP contribution in [0.1, 0.15) is 25.8 Å². The highest BCUT2D eigenvalue weighted by Crippen LogP contribution is 2.25. The molecule has 1 N–H and O–H groups in total. The molecule has 0 bridgehead atoms. The number of hydrazine groups is 1. The van der Waals surface area contributed by atoms with Gasteiger partial charge >= 0.3 is 0 Å². The van der Waals surface area contributed by atoms with Crippen LogP contribution in [0.4, 0.5) is 4.39 Å². The first-order valence-corrected chi connectivity index (χ1v) is 9.66. The largest absolute Gasteiger partial charge is 0.473 e. The van der Waals surface area contributed by atoms with E-state index in [9.17, 15) is 4.39 Å². The Morgan fingerprint density at radius 1 is 1.24 bits per heavy atom. The molecule has 152 valence electrons. The number of ether oxygens (including phenoxy) is 1. The molecule has 3 heterocycles. The summed E-state index contributed by atoms with van der Waals surface area (Å²) in [6.07, 6.45) is 3.30. The number of nitrogens with one attached hydrogen (secondary N) is 1. The van der Waals surface area contributed by atoms with Crippen molar-refractivity contribution >= 4 is 12.0 Å². The molecule has 9 heteroatoms. The Morgan fingerprint density at radius 2 is 2.07 bits per heavy atom. The molecular weight excluding hydrogens is 373 g/mol. The van der Waals surface area contributed by atoms with Gasteiger partial charge in [0.1, 0.15) is 12.4 Å². The van der Waals surface area contributed by atoms with Crippen LogP contribution in [-0.4, -0.2) is 51.0 Å². The van der Waals surface area contributed by atoms with Crippen molar-refractivity contribution in [2.75, 3.05) is 13.7 Å². The zero-order valence-electron chi connectivity index (χ0n) is 16.7. The van der Waals surface area contributed by atoms with Crippen LogP contribution < -0.4 is 10.2 Å². The first kappa shape index (κ1) is 19.3. The molecule has 2 aromatic heterocycles. The lowest BCUT2D eigenvalue weighted by Gasteiger charge is -2.18. The van der Waals surface area contributed by atoms with Crippen molar-refractivity contribution in [3.05, 3.63) is 41.7 Å². The number of benzene rings is 1. The second-order valence-corrected chi connectivity index (χ2v) is 7.49. The van der Waals surface area contributed by atoms with Gasteiger partial charge in [-0.1, -0.05) is 26.0 Å². The van der Waals surface area contributed by atoms with E-state index in [2.05, 4.69) is 39.6 Å². The Bertz CT molecular complexity index is 1030. The molecule has 0 aliphatic carbocycles. The average molecular weight is 397 g/mol. The zero-order valence-corrected chi connectivity index (χ0v) is 16.7. The highest BCUT2D eigenvalue weighted by molar-refractivity contribution is 5.60. The number of aromatic nitrogens is 4. The van der Waals surface area contributed by atoms with Crippen LogP contribution in [0.3, 0.4) is 0 Å². The highest BCUT2D eigenvalue weighted by Gasteiger charge is 2.21. The van der Waals surface area contributed by atoms with Gasteiger partial charge in [-0.05, 0) is 37.0 Å². The lowest BCUT2D eigenvalue weighted by molar-refractivity contribution is 0.157. The van der Waals surface area contributed by atoms with E-state index in [0.717, 1.165) is 18.4 Å². The second kappa shape index (κ2) is 8.12. The van der Waals surface area contributed by atoms with E-state index in [4.69, 9.17) is 4.74 Å². The fraction of sp³-hybridized carbons (Fsp3) is 0.400. The summed E-state index contributed by atoms with van der Waals surface area (Å²) in [5, 5.41) is 14.9. The fourth-order valence-corrected chi connectivity index (χ4v) is 3.11. The Morgan fingerprint density at radius 3 is 2.79 bits per heavy atom. The van der Waals surface area contributed by atoms with Crippen LogP contribution in [0.5, 0.6) is 5.88 Å². The normalized spacial score (nSPS) is 16.7. The van der Waals surface area contributed by atoms with Gasteiger partial charge in [0.05, 0.1) is 11.9 Å². The number of fused-ring (bicyclic) bond motifs is 1. The third kappa shape index (κ3) is 4.04. The van der Waals surface area contributed by atoms with Crippen molar-refractivity contribution in [3.63, 3.8) is 0 Å². The number of rotatable bonds is 7. The maximum Gasteiger partial charge on any atom is 0.235 e. The quantitative estimate of drug-likeness (QED) is 0.660. The summed E-state index contributed by atoms with van der Waals surface area (Å²) in [4.78, 5) is 4.32. The molecule has 4 rings (SSSR count). The molecule has 1 aliphatic rings. The van der Waals surface area contributed by atoms with Gasteiger partial charge in [0, 0.05) is 12.6 Å². The van der Waals surface area contributed by atoms with E-state index in [1.807, 2.05) is 18.1 Å². The van der Waals surface area contributed by atoms with Gasteiger partial charge in [0.25, 0.3) is 0 Å². The van der Waals surface area contributed by atoms with Crippen LogP contribution in [0, 0.1) is 11.7 Å². The van der Waals surface area contributed by atoms with Crippen LogP contribution in [-0.2, 0) is 6.42 Å². The Kier molecular flexibility index (Phi) is 5.39. The summed E-state index contributed by atoms with van der Waals surface area (Å²) >= 11 is 0. The van der Waals surface area contributed by atoms with E-state index in [0.29, 0.717) is 35.4 Å². The van der Waals surface area contributed by atoms with Crippen molar-refractivity contribution in [3.8, 4) is 17.3 Å². The molecule has 0 spiro atoms. The third-order valence-electron chi connectivity index (χ3n) is 4.86. The minimum absolute atomic E-state index is 0.141. The Hall–Kier alpha value is -3.07. The van der Waals surface area contributed by atoms with Crippen molar-refractivity contribution in [1.82, 2.24) is 30.2 Å². The zero-order chi connectivity index (χ0) is 20.4. The highest BCUT2D eigenvalue weighted by atomic mass is 19.1.